The smallest absolute Gasteiger partial charge is 0.306 e. The summed E-state index contributed by atoms with van der Waals surface area (Å²) in [6.07, 6.45) is 2.02. The Labute approximate surface area is 238 Å². The highest BCUT2D eigenvalue weighted by Crippen LogP contribution is 2.27. The topological polar surface area (TPSA) is 91.7 Å². The van der Waals surface area contributed by atoms with Crippen molar-refractivity contribution in [1.82, 2.24) is 0 Å². The molecule has 0 bridgehead atoms. The van der Waals surface area contributed by atoms with Gasteiger partial charge >= 0.3 is 11.9 Å². The summed E-state index contributed by atoms with van der Waals surface area (Å²) >= 11 is 6.95. The molecule has 0 saturated heterocycles. The molecule has 0 aromatic heterocycles. The maximum Gasteiger partial charge on any atom is 0.306 e. The highest BCUT2D eigenvalue weighted by molar-refractivity contribution is 9.10. The van der Waals surface area contributed by atoms with Gasteiger partial charge in [0.1, 0.15) is 0 Å². The Morgan fingerprint density at radius 2 is 1.19 bits per heavy atom. The number of rotatable bonds is 8. The maximum atomic E-state index is 12.1. The number of benzene rings is 2. The Bertz CT molecular complexity index is 1110. The number of carboxylic acids is 2. The van der Waals surface area contributed by atoms with E-state index in [1.807, 2.05) is 32.9 Å². The van der Waals surface area contributed by atoms with E-state index >= 15 is 0 Å². The zero-order chi connectivity index (χ0) is 28.7. The van der Waals surface area contributed by atoms with Crippen LogP contribution in [0.25, 0.3) is 0 Å². The van der Waals surface area contributed by atoms with E-state index in [9.17, 15) is 14.4 Å². The Balaban J connectivity index is 0.000000371. The van der Waals surface area contributed by atoms with Crippen LogP contribution in [0.5, 0.6) is 0 Å². The van der Waals surface area contributed by atoms with E-state index in [2.05, 4.69) is 64.8 Å². The molecule has 2 aromatic rings. The van der Waals surface area contributed by atoms with Crippen molar-refractivity contribution >= 4 is 49.6 Å². The van der Waals surface area contributed by atoms with Crippen LogP contribution in [0.15, 0.2) is 45.3 Å². The molecule has 204 valence electrons. The van der Waals surface area contributed by atoms with Crippen molar-refractivity contribution in [3.63, 3.8) is 0 Å². The number of halogens is 2. The van der Waals surface area contributed by atoms with E-state index in [1.165, 1.54) is 5.56 Å². The van der Waals surface area contributed by atoms with Crippen LogP contribution in [0, 0.1) is 22.7 Å². The minimum Gasteiger partial charge on any atom is -0.481 e. The van der Waals surface area contributed by atoms with Gasteiger partial charge in [0.15, 0.2) is 5.78 Å². The minimum absolute atomic E-state index is 0.0750. The van der Waals surface area contributed by atoms with Crippen molar-refractivity contribution in [2.24, 2.45) is 22.7 Å². The lowest BCUT2D eigenvalue weighted by Gasteiger charge is -2.19. The van der Waals surface area contributed by atoms with Gasteiger partial charge in [0.25, 0.3) is 0 Å². The number of Topliss-reactive ketones (excluding diaryl/α,β-unsaturated/α-hetero) is 1. The van der Waals surface area contributed by atoms with Crippen molar-refractivity contribution in [2.45, 2.75) is 74.7 Å². The lowest BCUT2D eigenvalue weighted by molar-refractivity contribution is -0.142. The van der Waals surface area contributed by atoms with Gasteiger partial charge in [0.2, 0.25) is 0 Å². The zero-order valence-electron chi connectivity index (χ0n) is 23.1. The molecule has 0 aliphatic heterocycles. The van der Waals surface area contributed by atoms with E-state index in [0.29, 0.717) is 18.4 Å². The van der Waals surface area contributed by atoms with Crippen LogP contribution >= 0.6 is 31.9 Å². The number of hydrogen-bond acceptors (Lipinski definition) is 3. The molecule has 37 heavy (non-hydrogen) atoms. The first-order valence-electron chi connectivity index (χ1n) is 12.4. The minimum atomic E-state index is -0.818. The molecule has 2 atom stereocenters. The molecule has 2 aromatic carbocycles. The number of carboxylic acid groups (broad SMARTS) is 2. The van der Waals surface area contributed by atoms with E-state index in [4.69, 9.17) is 10.2 Å². The average Bonchev–Trinajstić information content (AvgIpc) is 2.74. The zero-order valence-corrected chi connectivity index (χ0v) is 26.3. The third kappa shape index (κ3) is 11.5. The molecule has 7 heteroatoms. The molecule has 0 aliphatic rings. The second kappa shape index (κ2) is 13.7. The van der Waals surface area contributed by atoms with Gasteiger partial charge in [-0.3, -0.25) is 14.4 Å². The monoisotopic (exact) mass is 638 g/mol. The standard InChI is InChI=1S/C15H19BrO3.C15H21BrO2/c1-9(14(18)19)7-10-5-6-11(8-12(10)16)13(17)15(2,3)4;1-10(14(17)18)7-12-6-5-11(8-13(12)16)9-15(2,3)4/h5-6,8-9H,7H2,1-4H3,(H,18,19);5-6,8,10H,7,9H2,1-4H3,(H,17,18). The van der Waals surface area contributed by atoms with E-state index in [-0.39, 0.29) is 17.1 Å². The molecular formula is C30H40Br2O5. The van der Waals surface area contributed by atoms with Crippen molar-refractivity contribution < 1.29 is 24.6 Å². The SMILES string of the molecule is CC(Cc1ccc(C(=O)C(C)(C)C)cc1Br)C(=O)O.CC(Cc1ccc(CC(C)(C)C)cc1Br)C(=O)O. The number of carbonyl (C=O) groups is 3. The largest absolute Gasteiger partial charge is 0.481 e. The van der Waals surface area contributed by atoms with E-state index in [0.717, 1.165) is 26.5 Å². The molecule has 2 rings (SSSR count). The van der Waals surface area contributed by atoms with Gasteiger partial charge in [-0.1, -0.05) is 112 Å². The molecule has 0 saturated carbocycles. The highest BCUT2D eigenvalue weighted by Gasteiger charge is 2.24. The summed E-state index contributed by atoms with van der Waals surface area (Å²) in [5.74, 6) is -2.29. The fourth-order valence-corrected chi connectivity index (χ4v) is 4.73. The first-order chi connectivity index (χ1) is 16.8. The Hall–Kier alpha value is -1.99. The Morgan fingerprint density at radius 3 is 1.54 bits per heavy atom. The Morgan fingerprint density at radius 1 is 0.757 bits per heavy atom. The van der Waals surface area contributed by atoms with Gasteiger partial charge in [0, 0.05) is 19.9 Å². The normalized spacial score (nSPS) is 13.2. The van der Waals surface area contributed by atoms with Crippen molar-refractivity contribution in [1.29, 1.82) is 0 Å². The van der Waals surface area contributed by atoms with Gasteiger partial charge in [0.05, 0.1) is 11.8 Å². The van der Waals surface area contributed by atoms with Gasteiger partial charge in [-0.25, -0.2) is 0 Å². The molecule has 5 nitrogen and oxygen atoms in total. The number of ketones is 1. The lowest BCUT2D eigenvalue weighted by Crippen LogP contribution is -2.20. The Kier molecular flexibility index (Phi) is 12.2. The second-order valence-electron chi connectivity index (χ2n) is 11.9. The van der Waals surface area contributed by atoms with Crippen LogP contribution in [0.3, 0.4) is 0 Å². The predicted molar refractivity (Wildman–Crippen MR) is 156 cm³/mol. The first kappa shape index (κ1) is 33.0. The molecule has 0 spiro atoms. The van der Waals surface area contributed by atoms with Crippen LogP contribution in [0.4, 0.5) is 0 Å². The molecule has 0 radical (unpaired) electrons. The molecular weight excluding hydrogens is 600 g/mol. The summed E-state index contributed by atoms with van der Waals surface area (Å²) in [6, 6.07) is 11.6. The van der Waals surface area contributed by atoms with Gasteiger partial charge in [-0.15, -0.1) is 0 Å². The lowest BCUT2D eigenvalue weighted by atomic mass is 9.86. The fourth-order valence-electron chi connectivity index (χ4n) is 3.60. The molecule has 0 aliphatic carbocycles. The number of hydrogen-bond donors (Lipinski definition) is 2. The number of aliphatic carboxylic acids is 2. The van der Waals surface area contributed by atoms with Crippen molar-refractivity contribution in [3.8, 4) is 0 Å². The van der Waals surface area contributed by atoms with Gasteiger partial charge in [-0.05, 0) is 53.5 Å². The summed E-state index contributed by atoms with van der Waals surface area (Å²) in [6.45, 7) is 15.7. The summed E-state index contributed by atoms with van der Waals surface area (Å²) in [7, 11) is 0. The van der Waals surface area contributed by atoms with Crippen LogP contribution in [-0.2, 0) is 28.9 Å². The van der Waals surface area contributed by atoms with E-state index in [1.54, 1.807) is 26.0 Å². The second-order valence-corrected chi connectivity index (χ2v) is 13.6. The fraction of sp³-hybridized carbons (Fsp3) is 0.500. The van der Waals surface area contributed by atoms with Crippen molar-refractivity contribution in [3.05, 3.63) is 67.6 Å². The van der Waals surface area contributed by atoms with Gasteiger partial charge < -0.3 is 10.2 Å². The summed E-state index contributed by atoms with van der Waals surface area (Å²) in [5.41, 5.74) is 3.72. The molecule has 2 unspecified atom stereocenters. The summed E-state index contributed by atoms with van der Waals surface area (Å²) in [5, 5.41) is 17.8. The maximum absolute atomic E-state index is 12.1. The number of carbonyl (C=O) groups excluding carboxylic acids is 1. The van der Waals surface area contributed by atoms with E-state index < -0.39 is 23.3 Å². The van der Waals surface area contributed by atoms with Crippen LogP contribution in [0.1, 0.15) is 82.4 Å². The molecule has 0 amide bonds. The highest BCUT2D eigenvalue weighted by atomic mass is 79.9. The molecule has 0 fully saturated rings. The summed E-state index contributed by atoms with van der Waals surface area (Å²) < 4.78 is 1.80. The summed E-state index contributed by atoms with van der Waals surface area (Å²) in [4.78, 5) is 33.9. The molecule has 0 heterocycles. The van der Waals surface area contributed by atoms with Crippen LogP contribution in [-0.4, -0.2) is 27.9 Å². The van der Waals surface area contributed by atoms with Gasteiger partial charge in [-0.2, -0.15) is 0 Å². The average molecular weight is 640 g/mol. The first-order valence-corrected chi connectivity index (χ1v) is 14.0. The quantitative estimate of drug-likeness (QED) is 0.284. The van der Waals surface area contributed by atoms with Crippen LogP contribution < -0.4 is 0 Å². The predicted octanol–water partition coefficient (Wildman–Crippen LogP) is 8.24. The third-order valence-electron chi connectivity index (χ3n) is 5.74. The molecule has 2 N–H and O–H groups in total. The van der Waals surface area contributed by atoms with Crippen LogP contribution in [0.2, 0.25) is 0 Å². The third-order valence-corrected chi connectivity index (χ3v) is 7.22. The van der Waals surface area contributed by atoms with Crippen molar-refractivity contribution in [2.75, 3.05) is 0 Å².